The highest BCUT2D eigenvalue weighted by atomic mass is 35.5. The van der Waals surface area contributed by atoms with E-state index in [0.717, 1.165) is 32.7 Å². The minimum absolute atomic E-state index is 0. The lowest BCUT2D eigenvalue weighted by Gasteiger charge is -2.27. The van der Waals surface area contributed by atoms with Crippen LogP contribution in [0.2, 0.25) is 0 Å². The van der Waals surface area contributed by atoms with E-state index in [0.29, 0.717) is 11.4 Å². The maximum absolute atomic E-state index is 11.6. The first-order valence-corrected chi connectivity index (χ1v) is 7.65. The summed E-state index contributed by atoms with van der Waals surface area (Å²) in [7, 11) is 0. The van der Waals surface area contributed by atoms with Crippen LogP contribution in [-0.4, -0.2) is 62.5 Å². The van der Waals surface area contributed by atoms with Crippen molar-refractivity contribution in [2.75, 3.05) is 45.8 Å². The SMILES string of the molecule is Cl.O=C(CNC(=O)c1cccs1)NCCN1CCNCC1. The number of thiophene rings is 1. The van der Waals surface area contributed by atoms with E-state index in [4.69, 9.17) is 0 Å². The van der Waals surface area contributed by atoms with Crippen molar-refractivity contribution in [1.82, 2.24) is 20.9 Å². The first-order chi connectivity index (χ1) is 9.75. The molecule has 1 aliphatic heterocycles. The number of carbonyl (C=O) groups excluding carboxylic acids is 2. The summed E-state index contributed by atoms with van der Waals surface area (Å²) in [6.45, 7) is 5.55. The van der Waals surface area contributed by atoms with Gasteiger partial charge in [-0.1, -0.05) is 6.07 Å². The van der Waals surface area contributed by atoms with E-state index >= 15 is 0 Å². The van der Waals surface area contributed by atoms with Gasteiger partial charge in [0.2, 0.25) is 5.91 Å². The van der Waals surface area contributed by atoms with Gasteiger partial charge in [-0.3, -0.25) is 14.5 Å². The van der Waals surface area contributed by atoms with Crippen LogP contribution >= 0.6 is 23.7 Å². The monoisotopic (exact) mass is 332 g/mol. The quantitative estimate of drug-likeness (QED) is 0.681. The van der Waals surface area contributed by atoms with Crippen LogP contribution in [-0.2, 0) is 4.79 Å². The van der Waals surface area contributed by atoms with Gasteiger partial charge in [-0.05, 0) is 11.4 Å². The Balaban J connectivity index is 0.00000220. The molecule has 8 heteroatoms. The number of piperazine rings is 1. The highest BCUT2D eigenvalue weighted by molar-refractivity contribution is 7.12. The Morgan fingerprint density at radius 1 is 1.29 bits per heavy atom. The van der Waals surface area contributed by atoms with Crippen LogP contribution in [0.3, 0.4) is 0 Å². The molecule has 2 amide bonds. The second-order valence-electron chi connectivity index (χ2n) is 4.60. The predicted octanol–water partition coefficient (Wildman–Crippen LogP) is -0.0789. The van der Waals surface area contributed by atoms with Gasteiger partial charge in [0.05, 0.1) is 11.4 Å². The molecule has 0 saturated carbocycles. The van der Waals surface area contributed by atoms with Gasteiger partial charge in [0, 0.05) is 39.3 Å². The van der Waals surface area contributed by atoms with Gasteiger partial charge < -0.3 is 16.0 Å². The van der Waals surface area contributed by atoms with Crippen molar-refractivity contribution >= 4 is 35.6 Å². The van der Waals surface area contributed by atoms with E-state index in [1.165, 1.54) is 11.3 Å². The highest BCUT2D eigenvalue weighted by Gasteiger charge is 2.10. The van der Waals surface area contributed by atoms with E-state index in [9.17, 15) is 9.59 Å². The summed E-state index contributed by atoms with van der Waals surface area (Å²) >= 11 is 1.36. The van der Waals surface area contributed by atoms with Crippen molar-refractivity contribution in [3.05, 3.63) is 22.4 Å². The predicted molar refractivity (Wildman–Crippen MR) is 86.2 cm³/mol. The van der Waals surface area contributed by atoms with Crippen LogP contribution in [0.25, 0.3) is 0 Å². The molecule has 118 valence electrons. The molecule has 21 heavy (non-hydrogen) atoms. The first kappa shape index (κ1) is 17.9. The summed E-state index contributed by atoms with van der Waals surface area (Å²) < 4.78 is 0. The summed E-state index contributed by atoms with van der Waals surface area (Å²) in [5.41, 5.74) is 0. The van der Waals surface area contributed by atoms with Gasteiger partial charge in [-0.15, -0.1) is 23.7 Å². The summed E-state index contributed by atoms with van der Waals surface area (Å²) in [6, 6.07) is 3.55. The Morgan fingerprint density at radius 2 is 2.05 bits per heavy atom. The van der Waals surface area contributed by atoms with E-state index < -0.39 is 0 Å². The maximum atomic E-state index is 11.6. The van der Waals surface area contributed by atoms with Crippen molar-refractivity contribution in [1.29, 1.82) is 0 Å². The molecule has 0 aromatic carbocycles. The molecule has 0 atom stereocenters. The third-order valence-corrected chi connectivity index (χ3v) is 3.98. The smallest absolute Gasteiger partial charge is 0.261 e. The van der Waals surface area contributed by atoms with Crippen LogP contribution in [0.15, 0.2) is 17.5 Å². The maximum Gasteiger partial charge on any atom is 0.261 e. The number of nitrogens with one attached hydrogen (secondary N) is 3. The second-order valence-corrected chi connectivity index (χ2v) is 5.55. The molecule has 1 aromatic rings. The number of rotatable bonds is 6. The Bertz CT molecular complexity index is 435. The summed E-state index contributed by atoms with van der Waals surface area (Å²) in [5, 5.41) is 10.5. The molecular formula is C13H21ClN4O2S. The zero-order valence-corrected chi connectivity index (χ0v) is 13.4. The largest absolute Gasteiger partial charge is 0.353 e. The van der Waals surface area contributed by atoms with Gasteiger partial charge >= 0.3 is 0 Å². The number of nitrogens with zero attached hydrogens (tertiary/aromatic N) is 1. The number of hydrogen-bond acceptors (Lipinski definition) is 5. The molecule has 0 bridgehead atoms. The molecule has 0 aliphatic carbocycles. The van der Waals surface area contributed by atoms with Gasteiger partial charge in [0.25, 0.3) is 5.91 Å². The lowest BCUT2D eigenvalue weighted by molar-refractivity contribution is -0.120. The summed E-state index contributed by atoms with van der Waals surface area (Å²) in [6.07, 6.45) is 0. The minimum Gasteiger partial charge on any atom is -0.353 e. The van der Waals surface area contributed by atoms with Gasteiger partial charge in [-0.2, -0.15) is 0 Å². The molecule has 3 N–H and O–H groups in total. The van der Waals surface area contributed by atoms with E-state index in [-0.39, 0.29) is 30.8 Å². The summed E-state index contributed by atoms with van der Waals surface area (Å²) in [5.74, 6) is -0.345. The molecule has 1 aromatic heterocycles. The van der Waals surface area contributed by atoms with Gasteiger partial charge in [-0.25, -0.2) is 0 Å². The zero-order chi connectivity index (χ0) is 14.2. The number of hydrogen-bond donors (Lipinski definition) is 3. The lowest BCUT2D eigenvalue weighted by atomic mass is 10.3. The van der Waals surface area contributed by atoms with E-state index in [2.05, 4.69) is 20.9 Å². The van der Waals surface area contributed by atoms with Crippen LogP contribution in [0.4, 0.5) is 0 Å². The molecule has 1 saturated heterocycles. The van der Waals surface area contributed by atoms with Crippen molar-refractivity contribution < 1.29 is 9.59 Å². The third-order valence-electron chi connectivity index (χ3n) is 3.11. The molecule has 1 aliphatic rings. The van der Waals surface area contributed by atoms with E-state index in [1.807, 2.05) is 11.4 Å². The number of halogens is 1. The Hall–Kier alpha value is -1.15. The van der Waals surface area contributed by atoms with Crippen molar-refractivity contribution in [2.45, 2.75) is 0 Å². The average Bonchev–Trinajstić information content (AvgIpc) is 3.00. The van der Waals surface area contributed by atoms with Crippen molar-refractivity contribution in [2.24, 2.45) is 0 Å². The fourth-order valence-electron chi connectivity index (χ4n) is 2.01. The molecule has 2 heterocycles. The summed E-state index contributed by atoms with van der Waals surface area (Å²) in [4.78, 5) is 26.2. The first-order valence-electron chi connectivity index (χ1n) is 6.77. The molecule has 2 rings (SSSR count). The standard InChI is InChI=1S/C13H20N4O2S.ClH/c18-12(10-16-13(19)11-2-1-9-20-11)15-5-8-17-6-3-14-4-7-17;/h1-2,9,14H,3-8,10H2,(H,15,18)(H,16,19);1H. The van der Waals surface area contributed by atoms with Gasteiger partial charge in [0.1, 0.15) is 0 Å². The number of amides is 2. The second kappa shape index (κ2) is 9.73. The van der Waals surface area contributed by atoms with Crippen LogP contribution in [0, 0.1) is 0 Å². The van der Waals surface area contributed by atoms with Crippen LogP contribution in [0.1, 0.15) is 9.67 Å². The van der Waals surface area contributed by atoms with Crippen LogP contribution in [0.5, 0.6) is 0 Å². The fourth-order valence-corrected chi connectivity index (χ4v) is 2.65. The molecular weight excluding hydrogens is 312 g/mol. The zero-order valence-electron chi connectivity index (χ0n) is 11.8. The minimum atomic E-state index is -0.197. The normalized spacial score (nSPS) is 15.0. The molecule has 1 fully saturated rings. The Morgan fingerprint density at radius 3 is 2.71 bits per heavy atom. The molecule has 0 spiro atoms. The van der Waals surface area contributed by atoms with Crippen LogP contribution < -0.4 is 16.0 Å². The highest BCUT2D eigenvalue weighted by Crippen LogP contribution is 2.07. The van der Waals surface area contributed by atoms with E-state index in [1.54, 1.807) is 6.07 Å². The average molecular weight is 333 g/mol. The third kappa shape index (κ3) is 6.43. The molecule has 6 nitrogen and oxygen atoms in total. The molecule has 0 radical (unpaired) electrons. The lowest BCUT2D eigenvalue weighted by Crippen LogP contribution is -2.47. The molecule has 0 unspecified atom stereocenters. The van der Waals surface area contributed by atoms with Crippen molar-refractivity contribution in [3.63, 3.8) is 0 Å². The number of carbonyl (C=O) groups is 2. The van der Waals surface area contributed by atoms with Crippen molar-refractivity contribution in [3.8, 4) is 0 Å². The Kier molecular flexibility index (Phi) is 8.29. The van der Waals surface area contributed by atoms with Gasteiger partial charge in [0.15, 0.2) is 0 Å². The fraction of sp³-hybridized carbons (Fsp3) is 0.538. The Labute approximate surface area is 134 Å². The topological polar surface area (TPSA) is 73.5 Å².